The monoisotopic (exact) mass is 342 g/mol. The highest BCUT2D eigenvalue weighted by molar-refractivity contribution is 6.32. The topological polar surface area (TPSA) is 49.4 Å². The Morgan fingerprint density at radius 1 is 1.12 bits per heavy atom. The number of carbonyl (C=O) groups excluding carboxylic acids is 2. The van der Waals surface area contributed by atoms with Crippen molar-refractivity contribution in [3.05, 3.63) is 69.7 Å². The van der Waals surface area contributed by atoms with Crippen molar-refractivity contribution < 1.29 is 9.59 Å². The lowest BCUT2D eigenvalue weighted by molar-refractivity contribution is -0.131. The number of hydrogen-bond acceptors (Lipinski definition) is 2. The van der Waals surface area contributed by atoms with Gasteiger partial charge in [-0.25, -0.2) is 4.79 Å². The largest absolute Gasteiger partial charge is 0.325 e. The molecule has 0 radical (unpaired) electrons. The fraction of sp³-hybridized carbons (Fsp3) is 0.263. The molecule has 0 spiro atoms. The third kappa shape index (κ3) is 2.67. The predicted octanol–water partition coefficient (Wildman–Crippen LogP) is 3.92. The third-order valence-corrected chi connectivity index (χ3v) is 4.85. The summed E-state index contributed by atoms with van der Waals surface area (Å²) < 4.78 is 0. The van der Waals surface area contributed by atoms with Crippen LogP contribution in [-0.2, 0) is 16.9 Å². The van der Waals surface area contributed by atoms with Crippen LogP contribution in [0.2, 0.25) is 5.02 Å². The van der Waals surface area contributed by atoms with Gasteiger partial charge in [-0.15, -0.1) is 0 Å². The van der Waals surface area contributed by atoms with Crippen LogP contribution < -0.4 is 5.32 Å². The van der Waals surface area contributed by atoms with Crippen molar-refractivity contribution >= 4 is 23.5 Å². The van der Waals surface area contributed by atoms with Crippen LogP contribution in [0, 0.1) is 13.8 Å². The van der Waals surface area contributed by atoms with Crippen LogP contribution in [0.5, 0.6) is 0 Å². The number of hydrogen-bond donors (Lipinski definition) is 1. The molecule has 1 fully saturated rings. The summed E-state index contributed by atoms with van der Waals surface area (Å²) in [6.07, 6.45) is 0. The van der Waals surface area contributed by atoms with Crippen LogP contribution in [0.3, 0.4) is 0 Å². The molecule has 3 amide bonds. The van der Waals surface area contributed by atoms with Crippen LogP contribution >= 0.6 is 11.6 Å². The summed E-state index contributed by atoms with van der Waals surface area (Å²) in [7, 11) is 0. The molecule has 124 valence electrons. The second kappa shape index (κ2) is 5.95. The van der Waals surface area contributed by atoms with Gasteiger partial charge < -0.3 is 5.32 Å². The van der Waals surface area contributed by atoms with Crippen LogP contribution in [0.1, 0.15) is 29.2 Å². The summed E-state index contributed by atoms with van der Waals surface area (Å²) in [6.45, 7) is 5.90. The third-order valence-electron chi connectivity index (χ3n) is 4.52. The molecule has 0 bridgehead atoms. The van der Waals surface area contributed by atoms with Gasteiger partial charge in [0, 0.05) is 10.6 Å². The highest BCUT2D eigenvalue weighted by Crippen LogP contribution is 2.34. The summed E-state index contributed by atoms with van der Waals surface area (Å²) in [4.78, 5) is 26.7. The molecule has 4 nitrogen and oxygen atoms in total. The molecule has 2 aromatic carbocycles. The van der Waals surface area contributed by atoms with Gasteiger partial charge >= 0.3 is 6.03 Å². The Kier molecular flexibility index (Phi) is 4.10. The number of nitrogens with zero attached hydrogens (tertiary/aromatic N) is 1. The maximum Gasteiger partial charge on any atom is 0.325 e. The minimum atomic E-state index is -1.15. The van der Waals surface area contributed by atoms with Crippen molar-refractivity contribution in [1.29, 1.82) is 0 Å². The number of aryl methyl sites for hydroxylation is 2. The molecule has 0 aromatic heterocycles. The Bertz CT molecular complexity index is 834. The Morgan fingerprint density at radius 2 is 1.83 bits per heavy atom. The number of carbonyl (C=O) groups is 2. The maximum absolute atomic E-state index is 13.0. The zero-order chi connectivity index (χ0) is 17.5. The molecule has 0 aliphatic carbocycles. The van der Waals surface area contributed by atoms with Gasteiger partial charge in [-0.05, 0) is 38.0 Å². The molecule has 3 rings (SSSR count). The molecule has 1 atom stereocenters. The van der Waals surface area contributed by atoms with Gasteiger partial charge in [-0.2, -0.15) is 0 Å². The van der Waals surface area contributed by atoms with E-state index < -0.39 is 11.6 Å². The van der Waals surface area contributed by atoms with Gasteiger partial charge in [-0.1, -0.05) is 53.6 Å². The van der Waals surface area contributed by atoms with Gasteiger partial charge in [0.2, 0.25) is 0 Å². The van der Waals surface area contributed by atoms with E-state index in [1.165, 1.54) is 4.90 Å². The first-order chi connectivity index (χ1) is 11.3. The van der Waals surface area contributed by atoms with Crippen LogP contribution in [0.4, 0.5) is 4.79 Å². The first kappa shape index (κ1) is 16.5. The number of benzene rings is 2. The molecular formula is C19H19ClN2O2. The van der Waals surface area contributed by atoms with Crippen LogP contribution in [0.25, 0.3) is 0 Å². The lowest BCUT2D eigenvalue weighted by Crippen LogP contribution is -2.41. The normalized spacial score (nSPS) is 20.4. The Hall–Kier alpha value is -2.33. The van der Waals surface area contributed by atoms with E-state index in [9.17, 15) is 9.59 Å². The summed E-state index contributed by atoms with van der Waals surface area (Å²) in [5, 5.41) is 3.25. The van der Waals surface area contributed by atoms with E-state index in [2.05, 4.69) is 5.32 Å². The van der Waals surface area contributed by atoms with E-state index in [1.54, 1.807) is 31.2 Å². The van der Waals surface area contributed by atoms with E-state index >= 15 is 0 Å². The Labute approximate surface area is 146 Å². The number of imide groups is 1. The number of nitrogens with one attached hydrogen (secondary N) is 1. The molecule has 5 heteroatoms. The highest BCUT2D eigenvalue weighted by Gasteiger charge is 2.49. The van der Waals surface area contributed by atoms with Gasteiger partial charge in [0.15, 0.2) is 0 Å². The van der Waals surface area contributed by atoms with Gasteiger partial charge in [0.1, 0.15) is 5.54 Å². The number of halogens is 1. The minimum Gasteiger partial charge on any atom is -0.319 e. The van der Waals surface area contributed by atoms with E-state index in [-0.39, 0.29) is 12.5 Å². The molecule has 0 saturated carbocycles. The fourth-order valence-corrected chi connectivity index (χ4v) is 3.36. The van der Waals surface area contributed by atoms with Crippen molar-refractivity contribution in [2.75, 3.05) is 0 Å². The van der Waals surface area contributed by atoms with E-state index in [1.807, 2.05) is 32.0 Å². The van der Waals surface area contributed by atoms with Crippen molar-refractivity contribution in [2.24, 2.45) is 0 Å². The maximum atomic E-state index is 13.0. The molecule has 1 saturated heterocycles. The van der Waals surface area contributed by atoms with Crippen LogP contribution in [-0.4, -0.2) is 16.8 Å². The summed E-state index contributed by atoms with van der Waals surface area (Å²) in [5.74, 6) is -0.290. The van der Waals surface area contributed by atoms with Crippen molar-refractivity contribution in [3.8, 4) is 0 Å². The molecule has 1 N–H and O–H groups in total. The molecule has 1 heterocycles. The average molecular weight is 343 g/mol. The van der Waals surface area contributed by atoms with Crippen molar-refractivity contribution in [3.63, 3.8) is 0 Å². The lowest BCUT2D eigenvalue weighted by Gasteiger charge is -2.23. The standard InChI is InChI=1S/C19H19ClN2O2/c1-12-8-9-13(2)14(10-12)11-22-17(23)19(3,21-18(22)24)15-6-4-5-7-16(15)20/h4-10H,11H2,1-3H3,(H,21,24)/t19-/m1/s1. The number of urea groups is 1. The fourth-order valence-electron chi connectivity index (χ4n) is 3.03. The SMILES string of the molecule is Cc1ccc(C)c(CN2C(=O)N[C@](C)(c3ccccc3Cl)C2=O)c1. The quantitative estimate of drug-likeness (QED) is 0.859. The summed E-state index contributed by atoms with van der Waals surface area (Å²) >= 11 is 6.24. The molecule has 24 heavy (non-hydrogen) atoms. The second-order valence-electron chi connectivity index (χ2n) is 6.36. The molecule has 2 aromatic rings. The predicted molar refractivity (Wildman–Crippen MR) is 93.8 cm³/mol. The first-order valence-electron chi connectivity index (χ1n) is 7.78. The van der Waals surface area contributed by atoms with E-state index in [0.717, 1.165) is 16.7 Å². The zero-order valence-electron chi connectivity index (χ0n) is 13.9. The first-order valence-corrected chi connectivity index (χ1v) is 8.16. The van der Waals surface area contributed by atoms with Crippen molar-refractivity contribution in [2.45, 2.75) is 32.9 Å². The highest BCUT2D eigenvalue weighted by atomic mass is 35.5. The second-order valence-corrected chi connectivity index (χ2v) is 6.76. The van der Waals surface area contributed by atoms with E-state index in [4.69, 9.17) is 11.6 Å². The summed E-state index contributed by atoms with van der Waals surface area (Å²) in [5.41, 5.74) is 2.56. The molecule has 0 unspecified atom stereocenters. The molecule has 1 aliphatic rings. The van der Waals surface area contributed by atoms with Crippen molar-refractivity contribution in [1.82, 2.24) is 10.2 Å². The van der Waals surface area contributed by atoms with E-state index in [0.29, 0.717) is 10.6 Å². The minimum absolute atomic E-state index is 0.248. The average Bonchev–Trinajstić information content (AvgIpc) is 2.75. The zero-order valence-corrected chi connectivity index (χ0v) is 14.6. The van der Waals surface area contributed by atoms with Gasteiger partial charge in [0.25, 0.3) is 5.91 Å². The number of amides is 3. The Morgan fingerprint density at radius 3 is 2.54 bits per heavy atom. The molecular weight excluding hydrogens is 324 g/mol. The van der Waals surface area contributed by atoms with Gasteiger partial charge in [0.05, 0.1) is 6.54 Å². The Balaban J connectivity index is 1.95. The van der Waals surface area contributed by atoms with Gasteiger partial charge in [-0.3, -0.25) is 9.69 Å². The molecule has 1 aliphatic heterocycles. The smallest absolute Gasteiger partial charge is 0.319 e. The summed E-state index contributed by atoms with van der Waals surface area (Å²) in [6, 6.07) is 12.7. The van der Waals surface area contributed by atoms with Crippen LogP contribution in [0.15, 0.2) is 42.5 Å². The lowest BCUT2D eigenvalue weighted by atomic mass is 9.92. The number of rotatable bonds is 3.